The predicted octanol–water partition coefficient (Wildman–Crippen LogP) is 7.33. The summed E-state index contributed by atoms with van der Waals surface area (Å²) in [6.45, 7) is 0.589. The zero-order chi connectivity index (χ0) is 23.2. The maximum atomic E-state index is 10.8. The highest BCUT2D eigenvalue weighted by atomic mass is 32.2. The lowest BCUT2D eigenvalue weighted by molar-refractivity contribution is 0.112. The molecule has 1 aliphatic heterocycles. The quantitative estimate of drug-likeness (QED) is 0.351. The number of thioether (sulfide) groups is 1. The fourth-order valence-electron chi connectivity index (χ4n) is 4.81. The fourth-order valence-corrected chi connectivity index (χ4v) is 5.80. The molecular formula is C30H31NO2S. The summed E-state index contributed by atoms with van der Waals surface area (Å²) in [7, 11) is 0. The zero-order valence-electron chi connectivity index (χ0n) is 19.4. The molecule has 34 heavy (non-hydrogen) atoms. The maximum Gasteiger partial charge on any atom is 0.150 e. The van der Waals surface area contributed by atoms with Crippen molar-refractivity contribution in [2.75, 3.05) is 0 Å². The van der Waals surface area contributed by atoms with Crippen molar-refractivity contribution in [3.8, 4) is 5.75 Å². The largest absolute Gasteiger partial charge is 0.489 e. The standard InChI is InChI=1S/C30H31NO2S/c32-19-23-8-6-22(7-9-23)18-30-31-29(21-34-30)27-14-16-28(17-15-27)33-20-24-10-12-26(13-11-24)25-4-2-1-3-5-25/h6-17,19,21,25,30-31H,1-5,18,20H2. The molecular weight excluding hydrogens is 438 g/mol. The minimum atomic E-state index is 0.296. The van der Waals surface area contributed by atoms with Crippen LogP contribution >= 0.6 is 11.8 Å². The van der Waals surface area contributed by atoms with E-state index in [1.54, 1.807) is 11.8 Å². The van der Waals surface area contributed by atoms with Crippen molar-refractivity contribution in [3.63, 3.8) is 0 Å². The molecule has 0 bridgehead atoms. The highest BCUT2D eigenvalue weighted by molar-refractivity contribution is 8.03. The Morgan fingerprint density at radius 2 is 1.56 bits per heavy atom. The average molecular weight is 470 g/mol. The summed E-state index contributed by atoms with van der Waals surface area (Å²) in [4.78, 5) is 10.8. The fraction of sp³-hybridized carbons (Fsp3) is 0.300. The number of hydrogen-bond donors (Lipinski definition) is 1. The molecule has 4 heteroatoms. The van der Waals surface area contributed by atoms with E-state index in [1.807, 2.05) is 36.4 Å². The molecule has 174 valence electrons. The van der Waals surface area contributed by atoms with Gasteiger partial charge in [-0.1, -0.05) is 67.8 Å². The molecule has 1 aliphatic carbocycles. The second-order valence-electron chi connectivity index (χ2n) is 9.25. The Kier molecular flexibility index (Phi) is 7.35. The second kappa shape index (κ2) is 11.0. The van der Waals surface area contributed by atoms with Crippen LogP contribution in [0.1, 0.15) is 70.6 Å². The van der Waals surface area contributed by atoms with Gasteiger partial charge >= 0.3 is 0 Å². The molecule has 1 atom stereocenters. The van der Waals surface area contributed by atoms with E-state index in [2.05, 4.69) is 47.1 Å². The Labute approximate surface area is 206 Å². The summed E-state index contributed by atoms with van der Waals surface area (Å²) in [6.07, 6.45) is 8.59. The van der Waals surface area contributed by atoms with Crippen molar-refractivity contribution in [2.24, 2.45) is 0 Å². The number of rotatable bonds is 8. The van der Waals surface area contributed by atoms with Crippen LogP contribution in [0, 0.1) is 0 Å². The molecule has 0 saturated heterocycles. The van der Waals surface area contributed by atoms with Crippen molar-refractivity contribution in [2.45, 2.75) is 56.4 Å². The van der Waals surface area contributed by atoms with Gasteiger partial charge in [0.25, 0.3) is 0 Å². The molecule has 3 aromatic carbocycles. The second-order valence-corrected chi connectivity index (χ2v) is 10.3. The highest BCUT2D eigenvalue weighted by Crippen LogP contribution is 2.33. The van der Waals surface area contributed by atoms with Crippen LogP contribution in [0.25, 0.3) is 5.70 Å². The van der Waals surface area contributed by atoms with E-state index >= 15 is 0 Å². The molecule has 3 aromatic rings. The Morgan fingerprint density at radius 3 is 2.26 bits per heavy atom. The number of ether oxygens (including phenoxy) is 1. The molecule has 1 heterocycles. The van der Waals surface area contributed by atoms with Gasteiger partial charge in [0.05, 0.1) is 5.37 Å². The first-order valence-corrected chi connectivity index (χ1v) is 13.2. The van der Waals surface area contributed by atoms with Crippen LogP contribution < -0.4 is 10.1 Å². The molecule has 1 N–H and O–H groups in total. The molecule has 0 amide bonds. The van der Waals surface area contributed by atoms with Gasteiger partial charge in [-0.05, 0) is 70.7 Å². The Hall–Kier alpha value is -2.98. The van der Waals surface area contributed by atoms with Gasteiger partial charge in [-0.15, -0.1) is 11.8 Å². The molecule has 3 nitrogen and oxygen atoms in total. The van der Waals surface area contributed by atoms with Gasteiger partial charge in [-0.2, -0.15) is 0 Å². The minimum Gasteiger partial charge on any atom is -0.489 e. The third-order valence-corrected chi connectivity index (χ3v) is 7.82. The lowest BCUT2D eigenvalue weighted by Gasteiger charge is -2.22. The van der Waals surface area contributed by atoms with Gasteiger partial charge in [0, 0.05) is 17.7 Å². The summed E-state index contributed by atoms with van der Waals surface area (Å²) in [5.74, 6) is 1.63. The van der Waals surface area contributed by atoms with Crippen molar-refractivity contribution in [1.29, 1.82) is 0 Å². The molecule has 1 fully saturated rings. The van der Waals surface area contributed by atoms with E-state index in [-0.39, 0.29) is 0 Å². The minimum absolute atomic E-state index is 0.296. The first-order valence-electron chi connectivity index (χ1n) is 12.3. The lowest BCUT2D eigenvalue weighted by Crippen LogP contribution is -2.22. The number of benzene rings is 3. The number of carbonyl (C=O) groups excluding carboxylic acids is 1. The molecule has 1 saturated carbocycles. The van der Waals surface area contributed by atoms with Crippen LogP contribution in [-0.4, -0.2) is 11.7 Å². The lowest BCUT2D eigenvalue weighted by atomic mass is 9.84. The first kappa shape index (κ1) is 22.8. The van der Waals surface area contributed by atoms with Gasteiger partial charge in [0.15, 0.2) is 0 Å². The zero-order valence-corrected chi connectivity index (χ0v) is 20.2. The van der Waals surface area contributed by atoms with Gasteiger partial charge in [0.2, 0.25) is 0 Å². The van der Waals surface area contributed by atoms with Gasteiger partial charge in [-0.3, -0.25) is 4.79 Å². The van der Waals surface area contributed by atoms with Crippen molar-refractivity contribution < 1.29 is 9.53 Å². The Bertz CT molecular complexity index is 1110. The van der Waals surface area contributed by atoms with Crippen molar-refractivity contribution >= 4 is 23.7 Å². The highest BCUT2D eigenvalue weighted by Gasteiger charge is 2.18. The van der Waals surface area contributed by atoms with E-state index < -0.39 is 0 Å². The van der Waals surface area contributed by atoms with Crippen LogP contribution in [0.5, 0.6) is 5.75 Å². The topological polar surface area (TPSA) is 38.3 Å². The number of carbonyl (C=O) groups is 1. The molecule has 5 rings (SSSR count). The Balaban J connectivity index is 1.11. The summed E-state index contributed by atoms with van der Waals surface area (Å²) in [5, 5.41) is 6.09. The van der Waals surface area contributed by atoms with Gasteiger partial charge in [-0.25, -0.2) is 0 Å². The van der Waals surface area contributed by atoms with E-state index in [1.165, 1.54) is 48.8 Å². The average Bonchev–Trinajstić information content (AvgIpc) is 3.37. The van der Waals surface area contributed by atoms with Crippen molar-refractivity contribution in [3.05, 3.63) is 106 Å². The van der Waals surface area contributed by atoms with E-state index in [4.69, 9.17) is 4.74 Å². The molecule has 1 unspecified atom stereocenters. The Morgan fingerprint density at radius 1 is 0.853 bits per heavy atom. The smallest absolute Gasteiger partial charge is 0.150 e. The molecule has 0 spiro atoms. The summed E-state index contributed by atoms with van der Waals surface area (Å²) in [5.41, 5.74) is 6.94. The number of aldehydes is 1. The monoisotopic (exact) mass is 469 g/mol. The van der Waals surface area contributed by atoms with Crippen LogP contribution in [0.3, 0.4) is 0 Å². The van der Waals surface area contributed by atoms with Crippen molar-refractivity contribution in [1.82, 2.24) is 5.32 Å². The molecule has 2 aliphatic rings. The first-order chi connectivity index (χ1) is 16.8. The summed E-state index contributed by atoms with van der Waals surface area (Å²) in [6, 6.07) is 25.1. The van der Waals surface area contributed by atoms with E-state index in [0.717, 1.165) is 35.6 Å². The summed E-state index contributed by atoms with van der Waals surface area (Å²) >= 11 is 1.80. The van der Waals surface area contributed by atoms with Gasteiger partial charge in [0.1, 0.15) is 18.6 Å². The van der Waals surface area contributed by atoms with E-state index in [0.29, 0.717) is 17.5 Å². The summed E-state index contributed by atoms with van der Waals surface area (Å²) < 4.78 is 6.04. The van der Waals surface area contributed by atoms with E-state index in [9.17, 15) is 4.79 Å². The third-order valence-electron chi connectivity index (χ3n) is 6.83. The number of hydrogen-bond acceptors (Lipinski definition) is 4. The third kappa shape index (κ3) is 5.74. The maximum absolute atomic E-state index is 10.8. The van der Waals surface area contributed by atoms with Crippen LogP contribution in [0.4, 0.5) is 0 Å². The molecule has 0 radical (unpaired) electrons. The van der Waals surface area contributed by atoms with Gasteiger partial charge < -0.3 is 10.1 Å². The predicted molar refractivity (Wildman–Crippen MR) is 141 cm³/mol. The van der Waals surface area contributed by atoms with Crippen LogP contribution in [0.2, 0.25) is 0 Å². The van der Waals surface area contributed by atoms with Crippen LogP contribution in [-0.2, 0) is 13.0 Å². The van der Waals surface area contributed by atoms with Crippen LogP contribution in [0.15, 0.2) is 78.2 Å². The number of nitrogens with one attached hydrogen (secondary N) is 1. The SMILES string of the molecule is O=Cc1ccc(CC2NC(c3ccc(OCc4ccc(C5CCCCC5)cc4)cc3)=CS2)cc1. The normalized spacial score (nSPS) is 18.2. The molecule has 0 aromatic heterocycles.